The second kappa shape index (κ2) is 9.91. The molecule has 28 heavy (non-hydrogen) atoms. The topological polar surface area (TPSA) is 102 Å². The number of hydrogen-bond donors (Lipinski definition) is 2. The number of carbonyl (C=O) groups is 1. The molecule has 2 rings (SSSR count). The van der Waals surface area contributed by atoms with E-state index in [9.17, 15) is 13.2 Å². The van der Waals surface area contributed by atoms with Gasteiger partial charge in [-0.25, -0.2) is 13.1 Å². The number of benzene rings is 1. The van der Waals surface area contributed by atoms with Crippen molar-refractivity contribution in [1.29, 1.82) is 0 Å². The van der Waals surface area contributed by atoms with Crippen LogP contribution in [0.5, 0.6) is 5.75 Å². The minimum atomic E-state index is -3.77. The third-order valence-electron chi connectivity index (χ3n) is 4.94. The van der Waals surface area contributed by atoms with E-state index in [2.05, 4.69) is 4.72 Å². The van der Waals surface area contributed by atoms with Crippen LogP contribution in [0.2, 0.25) is 0 Å². The first-order valence-corrected chi connectivity index (χ1v) is 10.7. The molecule has 0 unspecified atom stereocenters. The lowest BCUT2D eigenvalue weighted by Crippen LogP contribution is -2.39. The van der Waals surface area contributed by atoms with Crippen LogP contribution in [0.4, 0.5) is 0 Å². The van der Waals surface area contributed by atoms with Gasteiger partial charge in [0.1, 0.15) is 10.6 Å². The van der Waals surface area contributed by atoms with Gasteiger partial charge in [0.25, 0.3) is 5.91 Å². The van der Waals surface area contributed by atoms with Gasteiger partial charge >= 0.3 is 0 Å². The van der Waals surface area contributed by atoms with Crippen LogP contribution in [0.15, 0.2) is 23.1 Å². The zero-order valence-electron chi connectivity index (χ0n) is 17.0. The number of halogens is 1. The number of hydrogen-bond acceptors (Lipinski definition) is 5. The van der Waals surface area contributed by atoms with E-state index in [-0.39, 0.29) is 40.4 Å². The first-order chi connectivity index (χ1) is 12.6. The molecule has 1 aliphatic rings. The maximum Gasteiger partial charge on any atom is 0.253 e. The number of nitrogens with one attached hydrogen (secondary N) is 1. The van der Waals surface area contributed by atoms with Gasteiger partial charge in [-0.2, -0.15) is 0 Å². The third kappa shape index (κ3) is 6.07. The molecule has 1 aliphatic carbocycles. The molecule has 160 valence electrons. The fourth-order valence-corrected chi connectivity index (χ4v) is 4.84. The lowest BCUT2D eigenvalue weighted by atomic mass is 9.93. The fraction of sp³-hybridized carbons (Fsp3) is 0.632. The highest BCUT2D eigenvalue weighted by atomic mass is 35.5. The number of ether oxygens (including phenoxy) is 1. The molecule has 1 amide bonds. The summed E-state index contributed by atoms with van der Waals surface area (Å²) in [6.07, 6.45) is 3.70. The van der Waals surface area contributed by atoms with Gasteiger partial charge in [-0.3, -0.25) is 4.79 Å². The predicted octanol–water partition coefficient (Wildman–Crippen LogP) is 2.39. The van der Waals surface area contributed by atoms with Gasteiger partial charge in [0.2, 0.25) is 10.0 Å². The number of amides is 1. The van der Waals surface area contributed by atoms with E-state index in [4.69, 9.17) is 10.5 Å². The zero-order valence-corrected chi connectivity index (χ0v) is 18.7. The van der Waals surface area contributed by atoms with Gasteiger partial charge in [-0.05, 0) is 43.0 Å². The summed E-state index contributed by atoms with van der Waals surface area (Å²) in [6.45, 7) is 4.87. The summed E-state index contributed by atoms with van der Waals surface area (Å²) in [5.41, 5.74) is 5.83. The Bertz CT molecular complexity index is 777. The average molecular weight is 434 g/mol. The molecular formula is C19H32ClN3O4S. The Kier molecular flexibility index (Phi) is 8.74. The summed E-state index contributed by atoms with van der Waals surface area (Å²) in [7, 11) is -0.666. The highest BCUT2D eigenvalue weighted by Crippen LogP contribution is 2.28. The summed E-state index contributed by atoms with van der Waals surface area (Å²) in [5, 5.41) is 0. The second-order valence-electron chi connectivity index (χ2n) is 8.00. The van der Waals surface area contributed by atoms with Crippen LogP contribution in [-0.4, -0.2) is 52.5 Å². The van der Waals surface area contributed by atoms with Gasteiger partial charge in [0, 0.05) is 25.2 Å². The van der Waals surface area contributed by atoms with E-state index >= 15 is 0 Å². The highest BCUT2D eigenvalue weighted by Gasteiger charge is 2.28. The second-order valence-corrected chi connectivity index (χ2v) is 9.68. The molecule has 0 spiro atoms. The predicted molar refractivity (Wildman–Crippen MR) is 113 cm³/mol. The van der Waals surface area contributed by atoms with Crippen LogP contribution in [0, 0.1) is 5.41 Å². The van der Waals surface area contributed by atoms with Gasteiger partial charge < -0.3 is 15.4 Å². The maximum absolute atomic E-state index is 12.9. The molecule has 0 radical (unpaired) electrons. The average Bonchev–Trinajstić information content (AvgIpc) is 3.12. The Hall–Kier alpha value is -1.35. The number of rotatable bonds is 8. The van der Waals surface area contributed by atoms with Crippen molar-refractivity contribution in [3.05, 3.63) is 23.8 Å². The van der Waals surface area contributed by atoms with Gasteiger partial charge in [0.05, 0.1) is 7.11 Å². The molecule has 1 saturated carbocycles. The van der Waals surface area contributed by atoms with Crippen molar-refractivity contribution in [2.24, 2.45) is 11.1 Å². The van der Waals surface area contributed by atoms with Crippen LogP contribution in [0.1, 0.15) is 49.9 Å². The van der Waals surface area contributed by atoms with E-state index in [0.29, 0.717) is 18.7 Å². The monoisotopic (exact) mass is 433 g/mol. The number of nitrogens with zero attached hydrogens (tertiary/aromatic N) is 1. The molecular weight excluding hydrogens is 402 g/mol. The van der Waals surface area contributed by atoms with Gasteiger partial charge in [-0.15, -0.1) is 12.4 Å². The minimum Gasteiger partial charge on any atom is -0.495 e. The zero-order chi connectivity index (χ0) is 20.2. The Morgan fingerprint density at radius 1 is 1.32 bits per heavy atom. The quantitative estimate of drug-likeness (QED) is 0.655. The molecule has 0 atom stereocenters. The van der Waals surface area contributed by atoms with Crippen molar-refractivity contribution in [3.63, 3.8) is 0 Å². The van der Waals surface area contributed by atoms with Crippen LogP contribution in [-0.2, 0) is 10.0 Å². The van der Waals surface area contributed by atoms with Crippen molar-refractivity contribution < 1.29 is 17.9 Å². The Morgan fingerprint density at radius 2 is 1.93 bits per heavy atom. The highest BCUT2D eigenvalue weighted by molar-refractivity contribution is 7.89. The first-order valence-electron chi connectivity index (χ1n) is 9.25. The van der Waals surface area contributed by atoms with E-state index < -0.39 is 10.0 Å². The van der Waals surface area contributed by atoms with Gasteiger partial charge in [0.15, 0.2) is 0 Å². The van der Waals surface area contributed by atoms with Gasteiger partial charge in [-0.1, -0.05) is 26.7 Å². The maximum atomic E-state index is 12.9. The summed E-state index contributed by atoms with van der Waals surface area (Å²) in [5.74, 6) is -0.0292. The van der Waals surface area contributed by atoms with Crippen LogP contribution < -0.4 is 15.2 Å². The third-order valence-corrected chi connectivity index (χ3v) is 6.48. The van der Waals surface area contributed by atoms with Crippen molar-refractivity contribution >= 4 is 28.3 Å². The van der Waals surface area contributed by atoms with E-state index in [1.54, 1.807) is 18.0 Å². The van der Waals surface area contributed by atoms with Crippen molar-refractivity contribution in [1.82, 2.24) is 9.62 Å². The van der Waals surface area contributed by atoms with Crippen LogP contribution in [0.25, 0.3) is 0 Å². The molecule has 0 bridgehead atoms. The van der Waals surface area contributed by atoms with E-state index in [1.807, 2.05) is 13.8 Å². The van der Waals surface area contributed by atoms with Crippen molar-refractivity contribution in [3.8, 4) is 5.75 Å². The molecule has 0 heterocycles. The molecule has 3 N–H and O–H groups in total. The number of sulfonamides is 1. The Labute approximate surface area is 174 Å². The number of methoxy groups -OCH3 is 1. The van der Waals surface area contributed by atoms with Crippen molar-refractivity contribution in [2.45, 2.75) is 50.5 Å². The van der Waals surface area contributed by atoms with Crippen LogP contribution in [0.3, 0.4) is 0 Å². The smallest absolute Gasteiger partial charge is 0.253 e. The lowest BCUT2D eigenvalue weighted by Gasteiger charge is -2.29. The largest absolute Gasteiger partial charge is 0.495 e. The summed E-state index contributed by atoms with van der Waals surface area (Å²) in [6, 6.07) is 4.44. The van der Waals surface area contributed by atoms with E-state index in [1.165, 1.54) is 19.2 Å². The normalized spacial score (nSPS) is 15.2. The number of carbonyl (C=O) groups excluding carboxylic acids is 1. The molecule has 0 saturated heterocycles. The molecule has 0 aliphatic heterocycles. The van der Waals surface area contributed by atoms with Crippen molar-refractivity contribution in [2.75, 3.05) is 27.2 Å². The fourth-order valence-electron chi connectivity index (χ4n) is 3.35. The Morgan fingerprint density at radius 3 is 2.46 bits per heavy atom. The molecule has 1 fully saturated rings. The van der Waals surface area contributed by atoms with Crippen LogP contribution >= 0.6 is 12.4 Å². The molecule has 9 heteroatoms. The summed E-state index contributed by atoms with van der Waals surface area (Å²) in [4.78, 5) is 14.4. The minimum absolute atomic E-state index is 0. The van der Waals surface area contributed by atoms with E-state index in [0.717, 1.165) is 25.7 Å². The molecule has 1 aromatic carbocycles. The molecule has 1 aromatic rings. The molecule has 0 aromatic heterocycles. The lowest BCUT2D eigenvalue weighted by molar-refractivity contribution is 0.0740. The standard InChI is InChI=1S/C19H31N3O4S.ClH/c1-19(2,12-20)13-22(3)18(23)14-9-10-16(26-4)17(11-14)27(24,25)21-15-7-5-6-8-15;/h9-11,15,21H,5-8,12-13,20H2,1-4H3;1H. The number of nitrogens with two attached hydrogens (primary N) is 1. The molecule has 7 nitrogen and oxygen atoms in total. The Balaban J connectivity index is 0.00000392. The summed E-state index contributed by atoms with van der Waals surface area (Å²) < 4.78 is 33.7. The SMILES string of the molecule is COc1ccc(C(=O)N(C)CC(C)(C)CN)cc1S(=O)(=O)NC1CCCC1.Cl. The first kappa shape index (κ1) is 24.7. The summed E-state index contributed by atoms with van der Waals surface area (Å²) >= 11 is 0.